The first-order valence-electron chi connectivity index (χ1n) is 6.84. The van der Waals surface area contributed by atoms with Gasteiger partial charge in [0.2, 0.25) is 5.95 Å². The van der Waals surface area contributed by atoms with Crippen LogP contribution in [0.25, 0.3) is 5.69 Å². The van der Waals surface area contributed by atoms with Crippen LogP contribution in [0.1, 0.15) is 11.1 Å². The number of nitrogens with one attached hydrogen (secondary N) is 1. The van der Waals surface area contributed by atoms with Crippen LogP contribution in [-0.4, -0.2) is 25.2 Å². The van der Waals surface area contributed by atoms with Crippen LogP contribution in [0.5, 0.6) is 0 Å². The van der Waals surface area contributed by atoms with E-state index in [4.69, 9.17) is 23.2 Å². The lowest BCUT2D eigenvalue weighted by Crippen LogP contribution is -2.11. The number of pyridine rings is 1. The largest absolute Gasteiger partial charge is 0.417 e. The van der Waals surface area contributed by atoms with Crippen LogP contribution in [0.15, 0.2) is 36.7 Å². The Morgan fingerprint density at radius 1 is 1.16 bits per heavy atom. The summed E-state index contributed by atoms with van der Waals surface area (Å²) >= 11 is 11.9. The van der Waals surface area contributed by atoms with Crippen molar-refractivity contribution >= 4 is 29.2 Å². The molecular formula is C14H9Cl2F3N6. The number of nitrogens with zero attached hydrogens (tertiary/aromatic N) is 5. The molecule has 6 nitrogen and oxygen atoms in total. The van der Waals surface area contributed by atoms with Crippen molar-refractivity contribution in [3.8, 4) is 5.69 Å². The van der Waals surface area contributed by atoms with E-state index in [0.717, 1.165) is 16.3 Å². The minimum atomic E-state index is -4.58. The van der Waals surface area contributed by atoms with Gasteiger partial charge in [-0.3, -0.25) is 4.98 Å². The van der Waals surface area contributed by atoms with Gasteiger partial charge in [0.25, 0.3) is 0 Å². The Morgan fingerprint density at radius 2 is 1.96 bits per heavy atom. The summed E-state index contributed by atoms with van der Waals surface area (Å²) in [5.41, 5.74) is -0.239. The smallest absolute Gasteiger partial charge is 0.349 e. The molecule has 0 radical (unpaired) electrons. The van der Waals surface area contributed by atoms with Gasteiger partial charge in [0.1, 0.15) is 0 Å². The molecule has 0 unspecified atom stereocenters. The highest BCUT2D eigenvalue weighted by Crippen LogP contribution is 2.37. The second-order valence-corrected chi connectivity index (χ2v) is 5.66. The van der Waals surface area contributed by atoms with Crippen molar-refractivity contribution in [2.75, 3.05) is 5.32 Å². The molecule has 3 rings (SSSR count). The number of hydrogen-bond donors (Lipinski definition) is 1. The molecule has 0 saturated carbocycles. The van der Waals surface area contributed by atoms with E-state index in [0.29, 0.717) is 5.02 Å². The summed E-state index contributed by atoms with van der Waals surface area (Å²) in [6.45, 7) is 0.248. The second-order valence-electron chi connectivity index (χ2n) is 4.87. The molecule has 25 heavy (non-hydrogen) atoms. The van der Waals surface area contributed by atoms with E-state index in [1.165, 1.54) is 18.3 Å². The van der Waals surface area contributed by atoms with Crippen LogP contribution in [0.4, 0.5) is 19.1 Å². The summed E-state index contributed by atoms with van der Waals surface area (Å²) in [6, 6.07) is 5.20. The first-order valence-corrected chi connectivity index (χ1v) is 7.60. The SMILES string of the molecule is FC(F)(F)c1cccc(-n2nnnc2NCc2ccncc2Cl)c1Cl. The van der Waals surface area contributed by atoms with Gasteiger partial charge in [-0.15, -0.1) is 0 Å². The predicted octanol–water partition coefficient (Wildman–Crippen LogP) is 4.00. The maximum atomic E-state index is 13.0. The van der Waals surface area contributed by atoms with E-state index < -0.39 is 16.8 Å². The number of rotatable bonds is 4. The first-order chi connectivity index (χ1) is 11.9. The molecule has 2 heterocycles. The van der Waals surface area contributed by atoms with Crippen LogP contribution >= 0.6 is 23.2 Å². The molecule has 0 amide bonds. The molecule has 130 valence electrons. The van der Waals surface area contributed by atoms with Gasteiger partial charge in [-0.1, -0.05) is 34.4 Å². The highest BCUT2D eigenvalue weighted by molar-refractivity contribution is 6.33. The van der Waals surface area contributed by atoms with Crippen molar-refractivity contribution in [1.29, 1.82) is 0 Å². The third-order valence-corrected chi connectivity index (χ3v) is 4.01. The van der Waals surface area contributed by atoms with Crippen molar-refractivity contribution in [3.63, 3.8) is 0 Å². The molecule has 3 aromatic rings. The third-order valence-electron chi connectivity index (χ3n) is 3.27. The van der Waals surface area contributed by atoms with Gasteiger partial charge < -0.3 is 5.32 Å². The monoisotopic (exact) mass is 388 g/mol. The third kappa shape index (κ3) is 3.67. The van der Waals surface area contributed by atoms with Gasteiger partial charge >= 0.3 is 6.18 Å². The van der Waals surface area contributed by atoms with Crippen LogP contribution in [0.2, 0.25) is 10.0 Å². The number of halogens is 5. The highest BCUT2D eigenvalue weighted by atomic mass is 35.5. The number of alkyl halides is 3. The lowest BCUT2D eigenvalue weighted by Gasteiger charge is -2.13. The van der Waals surface area contributed by atoms with Crippen LogP contribution in [0.3, 0.4) is 0 Å². The number of aromatic nitrogens is 5. The molecule has 1 aromatic carbocycles. The number of benzene rings is 1. The molecule has 0 bridgehead atoms. The van der Waals surface area contributed by atoms with Crippen molar-refractivity contribution in [2.24, 2.45) is 0 Å². The maximum absolute atomic E-state index is 13.0. The van der Waals surface area contributed by atoms with Gasteiger partial charge in [-0.25, -0.2) is 0 Å². The fourth-order valence-electron chi connectivity index (χ4n) is 2.08. The molecule has 2 aromatic heterocycles. The Labute approximate surface area is 149 Å². The van der Waals surface area contributed by atoms with E-state index in [1.807, 2.05) is 0 Å². The summed E-state index contributed by atoms with van der Waals surface area (Å²) in [4.78, 5) is 3.87. The zero-order valence-electron chi connectivity index (χ0n) is 12.3. The van der Waals surface area contributed by atoms with E-state index in [2.05, 4.69) is 25.8 Å². The van der Waals surface area contributed by atoms with E-state index >= 15 is 0 Å². The minimum Gasteiger partial charge on any atom is -0.349 e. The number of anilines is 1. The number of hydrogen-bond acceptors (Lipinski definition) is 5. The van der Waals surface area contributed by atoms with Crippen LogP contribution in [-0.2, 0) is 12.7 Å². The quantitative estimate of drug-likeness (QED) is 0.731. The molecule has 0 aliphatic carbocycles. The molecule has 0 aliphatic rings. The first kappa shape index (κ1) is 17.4. The molecule has 0 saturated heterocycles. The average molecular weight is 389 g/mol. The van der Waals surface area contributed by atoms with Crippen LogP contribution in [0, 0.1) is 0 Å². The van der Waals surface area contributed by atoms with Gasteiger partial charge in [0.05, 0.1) is 21.3 Å². The van der Waals surface area contributed by atoms with E-state index in [-0.39, 0.29) is 18.2 Å². The summed E-state index contributed by atoms with van der Waals surface area (Å²) in [5, 5.41) is 13.8. The molecule has 0 atom stereocenters. The minimum absolute atomic E-state index is 0.00446. The zero-order valence-corrected chi connectivity index (χ0v) is 13.8. The van der Waals surface area contributed by atoms with E-state index in [1.54, 1.807) is 12.3 Å². The normalized spacial score (nSPS) is 11.6. The Morgan fingerprint density at radius 3 is 2.68 bits per heavy atom. The molecule has 0 aliphatic heterocycles. The van der Waals surface area contributed by atoms with Crippen molar-refractivity contribution < 1.29 is 13.2 Å². The van der Waals surface area contributed by atoms with Gasteiger partial charge in [0.15, 0.2) is 0 Å². The Balaban J connectivity index is 1.91. The van der Waals surface area contributed by atoms with Gasteiger partial charge in [0, 0.05) is 18.9 Å². The van der Waals surface area contributed by atoms with Gasteiger partial charge in [-0.05, 0) is 34.2 Å². The molecule has 11 heteroatoms. The van der Waals surface area contributed by atoms with Crippen molar-refractivity contribution in [1.82, 2.24) is 25.2 Å². The molecule has 0 spiro atoms. The maximum Gasteiger partial charge on any atom is 0.417 e. The molecular weight excluding hydrogens is 380 g/mol. The van der Waals surface area contributed by atoms with E-state index in [9.17, 15) is 13.2 Å². The predicted molar refractivity (Wildman–Crippen MR) is 85.7 cm³/mol. The fourth-order valence-corrected chi connectivity index (χ4v) is 2.58. The summed E-state index contributed by atoms with van der Waals surface area (Å²) in [7, 11) is 0. The molecule has 0 fully saturated rings. The Hall–Kier alpha value is -2.39. The highest BCUT2D eigenvalue weighted by Gasteiger charge is 2.34. The zero-order chi connectivity index (χ0) is 18.0. The van der Waals surface area contributed by atoms with Crippen molar-refractivity contribution in [3.05, 3.63) is 57.8 Å². The Bertz CT molecular complexity index is 896. The van der Waals surface area contributed by atoms with Crippen LogP contribution < -0.4 is 5.32 Å². The second kappa shape index (κ2) is 6.85. The van der Waals surface area contributed by atoms with Gasteiger partial charge in [-0.2, -0.15) is 17.9 Å². The number of tetrazole rings is 1. The van der Waals surface area contributed by atoms with Crippen molar-refractivity contribution in [2.45, 2.75) is 12.7 Å². The summed E-state index contributed by atoms with van der Waals surface area (Å²) < 4.78 is 40.1. The summed E-state index contributed by atoms with van der Waals surface area (Å²) in [5.74, 6) is 0.120. The molecule has 1 N–H and O–H groups in total. The average Bonchev–Trinajstić information content (AvgIpc) is 3.01. The topological polar surface area (TPSA) is 68.5 Å². The standard InChI is InChI=1S/C14H9Cl2F3N6/c15-10-7-20-5-4-8(10)6-21-13-22-23-24-25(13)11-3-1-2-9(12(11)16)14(17,18)19/h1-5,7H,6H2,(H,21,22,24). The Kier molecular flexibility index (Phi) is 4.78. The summed E-state index contributed by atoms with van der Waals surface area (Å²) in [6.07, 6.45) is -1.54. The lowest BCUT2D eigenvalue weighted by atomic mass is 10.2. The lowest BCUT2D eigenvalue weighted by molar-refractivity contribution is -0.137. The fraction of sp³-hybridized carbons (Fsp3) is 0.143.